The lowest BCUT2D eigenvalue weighted by Crippen LogP contribution is -2.10. The molecule has 2 heteroatoms. The Morgan fingerprint density at radius 1 is 1.30 bits per heavy atom. The topological polar surface area (TPSA) is 20.2 Å². The van der Waals surface area contributed by atoms with Gasteiger partial charge in [-0.3, -0.25) is 0 Å². The Bertz CT molecular complexity index is 200. The van der Waals surface area contributed by atoms with Crippen LogP contribution in [0.25, 0.3) is 0 Å². The standard InChI is InChI=1S/C8H9BrO/c1-8(9,10)7-5-3-2-4-6-7/h2-6,10H,1H3. The molecule has 1 rings (SSSR count). The molecule has 0 heterocycles. The van der Waals surface area contributed by atoms with Crippen LogP contribution in [0, 0.1) is 0 Å². The normalized spacial score (nSPS) is 16.3. The van der Waals surface area contributed by atoms with E-state index in [1.54, 1.807) is 6.92 Å². The van der Waals surface area contributed by atoms with Gasteiger partial charge in [0.25, 0.3) is 0 Å². The summed E-state index contributed by atoms with van der Waals surface area (Å²) >= 11 is 3.14. The molecule has 0 bridgehead atoms. The van der Waals surface area contributed by atoms with Gasteiger partial charge in [-0.25, -0.2) is 0 Å². The molecular formula is C8H9BrO. The minimum atomic E-state index is -0.895. The van der Waals surface area contributed by atoms with Crippen molar-refractivity contribution in [3.05, 3.63) is 35.9 Å². The average Bonchev–Trinajstić information content (AvgIpc) is 1.88. The van der Waals surface area contributed by atoms with Gasteiger partial charge in [0.15, 0.2) is 0 Å². The van der Waals surface area contributed by atoms with Crippen LogP contribution < -0.4 is 0 Å². The fraction of sp³-hybridized carbons (Fsp3) is 0.250. The van der Waals surface area contributed by atoms with E-state index in [0.29, 0.717) is 0 Å². The number of alkyl halides is 1. The highest BCUT2D eigenvalue weighted by Crippen LogP contribution is 2.26. The van der Waals surface area contributed by atoms with Crippen LogP contribution in [0.15, 0.2) is 30.3 Å². The third-order valence-corrected chi connectivity index (χ3v) is 1.76. The zero-order valence-electron chi connectivity index (χ0n) is 5.71. The minimum absolute atomic E-state index is 0.870. The summed E-state index contributed by atoms with van der Waals surface area (Å²) in [5, 5.41) is 9.41. The van der Waals surface area contributed by atoms with Crippen molar-refractivity contribution in [2.24, 2.45) is 0 Å². The first kappa shape index (κ1) is 7.76. The molecule has 0 aliphatic carbocycles. The van der Waals surface area contributed by atoms with Crippen LogP contribution in [0.4, 0.5) is 0 Å². The summed E-state index contributed by atoms with van der Waals surface area (Å²) in [6.45, 7) is 1.70. The first-order valence-corrected chi connectivity index (χ1v) is 3.87. The molecule has 0 saturated heterocycles. The van der Waals surface area contributed by atoms with Crippen LogP contribution in [0.2, 0.25) is 0 Å². The molecule has 54 valence electrons. The second-order valence-corrected chi connectivity index (χ2v) is 3.86. The molecule has 1 atom stereocenters. The van der Waals surface area contributed by atoms with Crippen molar-refractivity contribution in [1.29, 1.82) is 0 Å². The van der Waals surface area contributed by atoms with E-state index in [4.69, 9.17) is 0 Å². The molecule has 0 spiro atoms. The van der Waals surface area contributed by atoms with E-state index in [1.165, 1.54) is 0 Å². The van der Waals surface area contributed by atoms with Crippen molar-refractivity contribution in [3.8, 4) is 0 Å². The molecule has 10 heavy (non-hydrogen) atoms. The van der Waals surface area contributed by atoms with Gasteiger partial charge in [0.1, 0.15) is 4.51 Å². The summed E-state index contributed by atoms with van der Waals surface area (Å²) in [4.78, 5) is 0. The maximum Gasteiger partial charge on any atom is 0.142 e. The lowest BCUT2D eigenvalue weighted by atomic mass is 10.1. The molecular weight excluding hydrogens is 192 g/mol. The molecule has 0 aliphatic heterocycles. The van der Waals surface area contributed by atoms with Crippen LogP contribution in [0.3, 0.4) is 0 Å². The zero-order chi connectivity index (χ0) is 7.61. The highest BCUT2D eigenvalue weighted by molar-refractivity contribution is 9.09. The second kappa shape index (κ2) is 2.72. The van der Waals surface area contributed by atoms with Crippen LogP contribution in [0.5, 0.6) is 0 Å². The highest BCUT2D eigenvalue weighted by Gasteiger charge is 2.16. The van der Waals surface area contributed by atoms with Gasteiger partial charge in [-0.2, -0.15) is 0 Å². The molecule has 1 unspecified atom stereocenters. The molecule has 1 aromatic carbocycles. The van der Waals surface area contributed by atoms with Crippen LogP contribution in [-0.4, -0.2) is 5.11 Å². The Morgan fingerprint density at radius 3 is 2.10 bits per heavy atom. The molecule has 0 radical (unpaired) electrons. The SMILES string of the molecule is CC(O)(Br)c1ccccc1. The number of halogens is 1. The van der Waals surface area contributed by atoms with Crippen molar-refractivity contribution in [1.82, 2.24) is 0 Å². The molecule has 0 amide bonds. The Kier molecular flexibility index (Phi) is 2.11. The van der Waals surface area contributed by atoms with Gasteiger partial charge in [-0.05, 0) is 28.4 Å². The summed E-state index contributed by atoms with van der Waals surface area (Å²) in [5.74, 6) is 0. The van der Waals surface area contributed by atoms with Crippen molar-refractivity contribution in [2.75, 3.05) is 0 Å². The van der Waals surface area contributed by atoms with E-state index >= 15 is 0 Å². The Morgan fingerprint density at radius 2 is 1.80 bits per heavy atom. The third-order valence-electron chi connectivity index (χ3n) is 1.30. The maximum atomic E-state index is 9.41. The third kappa shape index (κ3) is 1.82. The fourth-order valence-electron chi connectivity index (χ4n) is 0.742. The van der Waals surface area contributed by atoms with Gasteiger partial charge in [0.05, 0.1) is 0 Å². The number of hydrogen-bond acceptors (Lipinski definition) is 1. The van der Waals surface area contributed by atoms with Gasteiger partial charge in [0.2, 0.25) is 0 Å². The van der Waals surface area contributed by atoms with E-state index in [9.17, 15) is 5.11 Å². The van der Waals surface area contributed by atoms with Gasteiger partial charge in [-0.1, -0.05) is 30.3 Å². The van der Waals surface area contributed by atoms with Gasteiger partial charge in [-0.15, -0.1) is 0 Å². The Hall–Kier alpha value is -0.340. The molecule has 0 aliphatic rings. The van der Waals surface area contributed by atoms with E-state index < -0.39 is 4.51 Å². The largest absolute Gasteiger partial charge is 0.375 e. The summed E-state index contributed by atoms with van der Waals surface area (Å²) in [5.41, 5.74) is 0.870. The van der Waals surface area contributed by atoms with E-state index in [0.717, 1.165) is 5.56 Å². The second-order valence-electron chi connectivity index (χ2n) is 2.32. The molecule has 0 saturated carbocycles. The number of hydrogen-bond donors (Lipinski definition) is 1. The summed E-state index contributed by atoms with van der Waals surface area (Å²) < 4.78 is -0.895. The number of rotatable bonds is 1. The Labute approximate surface area is 68.8 Å². The van der Waals surface area contributed by atoms with Crippen LogP contribution in [0.1, 0.15) is 12.5 Å². The van der Waals surface area contributed by atoms with E-state index in [2.05, 4.69) is 15.9 Å². The van der Waals surface area contributed by atoms with Crippen LogP contribution in [-0.2, 0) is 4.51 Å². The summed E-state index contributed by atoms with van der Waals surface area (Å²) in [6.07, 6.45) is 0. The highest BCUT2D eigenvalue weighted by atomic mass is 79.9. The maximum absolute atomic E-state index is 9.41. The van der Waals surface area contributed by atoms with Crippen molar-refractivity contribution in [2.45, 2.75) is 11.4 Å². The number of benzene rings is 1. The van der Waals surface area contributed by atoms with Gasteiger partial charge >= 0.3 is 0 Å². The Balaban J connectivity index is 2.97. The average molecular weight is 201 g/mol. The number of aliphatic hydroxyl groups is 1. The van der Waals surface area contributed by atoms with Crippen molar-refractivity contribution >= 4 is 15.9 Å². The molecule has 1 nitrogen and oxygen atoms in total. The summed E-state index contributed by atoms with van der Waals surface area (Å²) in [7, 11) is 0. The lowest BCUT2D eigenvalue weighted by molar-refractivity contribution is 0.167. The van der Waals surface area contributed by atoms with Crippen LogP contribution >= 0.6 is 15.9 Å². The molecule has 0 fully saturated rings. The fourth-order valence-corrected chi connectivity index (χ4v) is 1.01. The van der Waals surface area contributed by atoms with E-state index in [1.807, 2.05) is 30.3 Å². The lowest BCUT2D eigenvalue weighted by Gasteiger charge is -2.14. The monoisotopic (exact) mass is 200 g/mol. The molecule has 1 aromatic rings. The van der Waals surface area contributed by atoms with Gasteiger partial charge in [0, 0.05) is 0 Å². The quantitative estimate of drug-likeness (QED) is 0.691. The van der Waals surface area contributed by atoms with Crippen molar-refractivity contribution in [3.63, 3.8) is 0 Å². The predicted octanol–water partition coefficient (Wildman–Crippen LogP) is 2.25. The zero-order valence-corrected chi connectivity index (χ0v) is 7.30. The summed E-state index contributed by atoms with van der Waals surface area (Å²) in [6, 6.07) is 9.45. The predicted molar refractivity (Wildman–Crippen MR) is 44.9 cm³/mol. The minimum Gasteiger partial charge on any atom is -0.375 e. The molecule has 0 aromatic heterocycles. The first-order valence-electron chi connectivity index (χ1n) is 3.07. The smallest absolute Gasteiger partial charge is 0.142 e. The molecule has 1 N–H and O–H groups in total. The van der Waals surface area contributed by atoms with Gasteiger partial charge < -0.3 is 5.11 Å². The first-order chi connectivity index (χ1) is 4.61. The van der Waals surface area contributed by atoms with E-state index in [-0.39, 0.29) is 0 Å². The van der Waals surface area contributed by atoms with Crippen molar-refractivity contribution < 1.29 is 5.11 Å².